The minimum Gasteiger partial charge on any atom is -0.477 e. The second-order valence-electron chi connectivity index (χ2n) is 9.00. The van der Waals surface area contributed by atoms with Gasteiger partial charge in [0, 0.05) is 30.4 Å². The lowest BCUT2D eigenvalue weighted by Crippen LogP contribution is -2.70. The lowest BCUT2D eigenvalue weighted by atomic mass is 9.90. The molecule has 1 fully saturated rings. The van der Waals surface area contributed by atoms with Gasteiger partial charge in [0.15, 0.2) is 0 Å². The fourth-order valence-corrected chi connectivity index (χ4v) is 4.17. The summed E-state index contributed by atoms with van der Waals surface area (Å²) < 4.78 is 6.81. The van der Waals surface area contributed by atoms with Gasteiger partial charge in [-0.2, -0.15) is 5.10 Å². The first-order valence-corrected chi connectivity index (χ1v) is 10.1. The number of aromatic carboxylic acids is 1. The van der Waals surface area contributed by atoms with Crippen LogP contribution < -0.4 is 5.73 Å². The van der Waals surface area contributed by atoms with Crippen molar-refractivity contribution in [1.29, 1.82) is 0 Å². The Labute approximate surface area is 178 Å². The summed E-state index contributed by atoms with van der Waals surface area (Å²) in [5, 5.41) is 14.8. The van der Waals surface area contributed by atoms with E-state index in [1.807, 2.05) is 0 Å². The molecule has 1 aliphatic carbocycles. The molecule has 2 aromatic rings. The zero-order valence-corrected chi connectivity index (χ0v) is 17.9. The first-order valence-electron chi connectivity index (χ1n) is 9.70. The highest BCUT2D eigenvalue weighted by atomic mass is 35.5. The number of carbonyl (C=O) groups is 2. The van der Waals surface area contributed by atoms with Gasteiger partial charge in [-0.1, -0.05) is 11.6 Å². The molecule has 4 rings (SSSR count). The number of carbonyl (C=O) groups excluding carboxylic acids is 1. The highest BCUT2D eigenvalue weighted by Gasteiger charge is 2.45. The molecule has 3 N–H and O–H groups in total. The number of hydrogen-bond donors (Lipinski definition) is 2. The number of carboxylic acids is 1. The van der Waals surface area contributed by atoms with Gasteiger partial charge in [-0.05, 0) is 45.2 Å². The highest BCUT2D eigenvalue weighted by Crippen LogP contribution is 2.36. The summed E-state index contributed by atoms with van der Waals surface area (Å²) in [6, 6.07) is 1.71. The maximum absolute atomic E-state index is 12.2. The van der Waals surface area contributed by atoms with Crippen molar-refractivity contribution in [3.05, 3.63) is 34.2 Å². The number of aromatic nitrogens is 3. The van der Waals surface area contributed by atoms with Crippen LogP contribution in [-0.4, -0.2) is 61.1 Å². The lowest BCUT2D eigenvalue weighted by Gasteiger charge is -2.47. The summed E-state index contributed by atoms with van der Waals surface area (Å²) in [5.74, 6) is -1.06. The van der Waals surface area contributed by atoms with Crippen LogP contribution >= 0.6 is 11.6 Å². The number of pyridine rings is 1. The molecule has 2 aromatic heterocycles. The first kappa shape index (κ1) is 20.6. The smallest absolute Gasteiger partial charge is 0.410 e. The normalized spacial score (nSPS) is 17.0. The van der Waals surface area contributed by atoms with E-state index in [-0.39, 0.29) is 25.3 Å². The van der Waals surface area contributed by atoms with Crippen LogP contribution in [0.15, 0.2) is 12.3 Å². The molecule has 0 unspecified atom stereocenters. The summed E-state index contributed by atoms with van der Waals surface area (Å²) in [7, 11) is 0. The molecule has 10 heteroatoms. The number of rotatable bonds is 3. The van der Waals surface area contributed by atoms with Gasteiger partial charge < -0.3 is 20.5 Å². The molecule has 2 aliphatic rings. The van der Waals surface area contributed by atoms with Crippen LogP contribution in [0.5, 0.6) is 0 Å². The topological polar surface area (TPSA) is 124 Å². The molecule has 160 valence electrons. The number of fused-ring (bicyclic) bond motifs is 3. The summed E-state index contributed by atoms with van der Waals surface area (Å²) in [6.45, 7) is 6.10. The van der Waals surface area contributed by atoms with Crippen molar-refractivity contribution < 1.29 is 19.4 Å². The van der Waals surface area contributed by atoms with Gasteiger partial charge in [0.05, 0.1) is 17.8 Å². The third-order valence-corrected chi connectivity index (χ3v) is 5.44. The molecule has 1 amide bonds. The van der Waals surface area contributed by atoms with E-state index in [9.17, 15) is 14.7 Å². The monoisotopic (exact) mass is 433 g/mol. The molecule has 30 heavy (non-hydrogen) atoms. The molecule has 9 nitrogen and oxygen atoms in total. The van der Waals surface area contributed by atoms with Gasteiger partial charge in [0.1, 0.15) is 16.4 Å². The van der Waals surface area contributed by atoms with Gasteiger partial charge in [-0.25, -0.2) is 14.6 Å². The van der Waals surface area contributed by atoms with E-state index in [4.69, 9.17) is 22.1 Å². The molecule has 0 atom stereocenters. The molecule has 0 aromatic carbocycles. The number of amides is 1. The Morgan fingerprint density at radius 1 is 1.33 bits per heavy atom. The molecule has 1 saturated heterocycles. The Morgan fingerprint density at radius 2 is 2.03 bits per heavy atom. The van der Waals surface area contributed by atoms with Crippen molar-refractivity contribution in [3.8, 4) is 11.3 Å². The number of carboxylic acid groups (broad SMARTS) is 1. The number of nitrogens with zero attached hydrogens (tertiary/aromatic N) is 4. The number of likely N-dealkylation sites (tertiary alicyclic amines) is 1. The molecular formula is C20H24ClN5O4. The Hall–Kier alpha value is -2.65. The number of hydrogen-bond acceptors (Lipinski definition) is 6. The molecule has 0 saturated carbocycles. The van der Waals surface area contributed by atoms with Gasteiger partial charge in [0.2, 0.25) is 0 Å². The first-order chi connectivity index (χ1) is 14.0. The van der Waals surface area contributed by atoms with Crippen molar-refractivity contribution in [2.45, 2.75) is 51.3 Å². The maximum Gasteiger partial charge on any atom is 0.410 e. The van der Waals surface area contributed by atoms with Crippen molar-refractivity contribution in [1.82, 2.24) is 19.7 Å². The van der Waals surface area contributed by atoms with Crippen LogP contribution in [0.25, 0.3) is 11.3 Å². The van der Waals surface area contributed by atoms with E-state index < -0.39 is 23.2 Å². The summed E-state index contributed by atoms with van der Waals surface area (Å²) in [5.41, 5.74) is 8.24. The van der Waals surface area contributed by atoms with Crippen molar-refractivity contribution in [2.24, 2.45) is 5.73 Å². The molecule has 3 heterocycles. The average Bonchev–Trinajstić information content (AvgIpc) is 2.96. The lowest BCUT2D eigenvalue weighted by molar-refractivity contribution is -0.0121. The number of nitrogens with two attached hydrogens (primary N) is 1. The Morgan fingerprint density at radius 3 is 2.67 bits per heavy atom. The fourth-order valence-electron chi connectivity index (χ4n) is 4.01. The maximum atomic E-state index is 12.2. The van der Waals surface area contributed by atoms with Crippen LogP contribution in [0.3, 0.4) is 0 Å². The SMILES string of the molecule is CC(C)(C)OC(=O)N1CC(N)(Cn2nc3c(c2C(=O)O)CCc2cnc(Cl)cc2-3)C1. The standard InChI is InChI=1S/C20H24ClN5O4/c1-19(2,3)30-18(29)25-8-20(22,9-25)10-26-16(17(27)28)12-5-4-11-7-23-14(21)6-13(11)15(12)24-26/h6-7H,4-5,8-10,22H2,1-3H3,(H,27,28). The van der Waals surface area contributed by atoms with Crippen LogP contribution in [-0.2, 0) is 24.1 Å². The molecular weight excluding hydrogens is 410 g/mol. The van der Waals surface area contributed by atoms with Gasteiger partial charge in [-0.15, -0.1) is 0 Å². The van der Waals surface area contributed by atoms with Crippen molar-refractivity contribution in [3.63, 3.8) is 0 Å². The molecule has 0 spiro atoms. The van der Waals surface area contributed by atoms with Crippen LogP contribution in [0, 0.1) is 0 Å². The zero-order chi connectivity index (χ0) is 21.8. The van der Waals surface area contributed by atoms with Gasteiger partial charge >= 0.3 is 12.1 Å². The summed E-state index contributed by atoms with van der Waals surface area (Å²) in [6.07, 6.45) is 2.49. The quantitative estimate of drug-likeness (QED) is 0.712. The Balaban J connectivity index is 1.59. The van der Waals surface area contributed by atoms with E-state index in [2.05, 4.69) is 10.1 Å². The van der Waals surface area contributed by atoms with E-state index in [1.165, 1.54) is 9.58 Å². The highest BCUT2D eigenvalue weighted by molar-refractivity contribution is 6.29. The van der Waals surface area contributed by atoms with Crippen LogP contribution in [0.4, 0.5) is 4.79 Å². The van der Waals surface area contributed by atoms with Crippen LogP contribution in [0.2, 0.25) is 5.15 Å². The largest absolute Gasteiger partial charge is 0.477 e. The Kier molecular flexibility index (Phi) is 4.78. The third-order valence-electron chi connectivity index (χ3n) is 5.23. The van der Waals surface area contributed by atoms with Crippen LogP contribution in [0.1, 0.15) is 42.4 Å². The minimum absolute atomic E-state index is 0.129. The van der Waals surface area contributed by atoms with E-state index in [1.54, 1.807) is 33.0 Å². The minimum atomic E-state index is -1.06. The predicted molar refractivity (Wildman–Crippen MR) is 110 cm³/mol. The fraction of sp³-hybridized carbons (Fsp3) is 0.500. The Bertz CT molecular complexity index is 1040. The van der Waals surface area contributed by atoms with E-state index in [0.717, 1.165) is 11.1 Å². The van der Waals surface area contributed by atoms with Crippen molar-refractivity contribution in [2.75, 3.05) is 13.1 Å². The van der Waals surface area contributed by atoms with Gasteiger partial charge in [-0.3, -0.25) is 4.68 Å². The second-order valence-corrected chi connectivity index (χ2v) is 9.39. The average molecular weight is 434 g/mol. The number of ether oxygens (including phenoxy) is 1. The van der Waals surface area contributed by atoms with E-state index in [0.29, 0.717) is 29.3 Å². The summed E-state index contributed by atoms with van der Waals surface area (Å²) in [4.78, 5) is 29.8. The number of aryl methyl sites for hydroxylation is 1. The number of halogens is 1. The molecule has 0 bridgehead atoms. The second kappa shape index (κ2) is 6.95. The van der Waals surface area contributed by atoms with Crippen molar-refractivity contribution >= 4 is 23.7 Å². The third kappa shape index (κ3) is 3.75. The van der Waals surface area contributed by atoms with Gasteiger partial charge in [0.25, 0.3) is 0 Å². The zero-order valence-electron chi connectivity index (χ0n) is 17.1. The molecule has 0 radical (unpaired) electrons. The predicted octanol–water partition coefficient (Wildman–Crippen LogP) is 2.34. The van der Waals surface area contributed by atoms with E-state index >= 15 is 0 Å². The molecule has 1 aliphatic heterocycles. The summed E-state index contributed by atoms with van der Waals surface area (Å²) >= 11 is 6.05.